The maximum Gasteiger partial charge on any atom is 0.225 e. The molecule has 0 N–H and O–H groups in total. The van der Waals surface area contributed by atoms with Gasteiger partial charge in [0.15, 0.2) is 0 Å². The van der Waals surface area contributed by atoms with Gasteiger partial charge < -0.3 is 4.90 Å². The molecule has 2 saturated carbocycles. The van der Waals surface area contributed by atoms with E-state index in [1.54, 1.807) is 0 Å². The van der Waals surface area contributed by atoms with E-state index >= 15 is 0 Å². The minimum atomic E-state index is 0.418. The third-order valence-corrected chi connectivity index (χ3v) is 4.72. The van der Waals surface area contributed by atoms with Crippen molar-refractivity contribution in [2.75, 3.05) is 13.1 Å². The monoisotopic (exact) mass is 207 g/mol. The van der Waals surface area contributed by atoms with Crippen LogP contribution in [0.15, 0.2) is 0 Å². The summed E-state index contributed by atoms with van der Waals surface area (Å²) in [7, 11) is 0. The number of nitrogens with zero attached hydrogens (tertiary/aromatic N) is 1. The average Bonchev–Trinajstić information content (AvgIpc) is 2.91. The lowest BCUT2D eigenvalue weighted by molar-refractivity contribution is -0.138. The van der Waals surface area contributed by atoms with Gasteiger partial charge in [-0.05, 0) is 50.4 Å². The van der Waals surface area contributed by atoms with E-state index in [1.165, 1.54) is 44.9 Å². The fourth-order valence-electron chi connectivity index (χ4n) is 3.90. The number of piperidine rings is 1. The highest BCUT2D eigenvalue weighted by Crippen LogP contribution is 2.48. The second kappa shape index (κ2) is 3.80. The number of fused-ring (bicyclic) bond motifs is 2. The van der Waals surface area contributed by atoms with Gasteiger partial charge in [-0.2, -0.15) is 0 Å². The van der Waals surface area contributed by atoms with Crippen LogP contribution in [0.2, 0.25) is 0 Å². The molecule has 2 bridgehead atoms. The van der Waals surface area contributed by atoms with Crippen molar-refractivity contribution in [2.24, 2.45) is 17.8 Å². The van der Waals surface area contributed by atoms with Crippen LogP contribution in [0.3, 0.4) is 0 Å². The lowest BCUT2D eigenvalue weighted by Gasteiger charge is -2.32. The average molecular weight is 207 g/mol. The number of carbonyl (C=O) groups excluding carboxylic acids is 1. The van der Waals surface area contributed by atoms with Crippen molar-refractivity contribution < 1.29 is 4.79 Å². The maximum absolute atomic E-state index is 12.3. The van der Waals surface area contributed by atoms with Crippen LogP contribution < -0.4 is 0 Å². The first-order valence-electron chi connectivity index (χ1n) is 6.63. The smallest absolute Gasteiger partial charge is 0.225 e. The summed E-state index contributed by atoms with van der Waals surface area (Å²) < 4.78 is 0. The van der Waals surface area contributed by atoms with Crippen molar-refractivity contribution in [3.8, 4) is 0 Å². The Labute approximate surface area is 92.0 Å². The fraction of sp³-hybridized carbons (Fsp3) is 0.923. The summed E-state index contributed by atoms with van der Waals surface area (Å²) in [6.07, 6.45) is 9.06. The molecule has 3 aliphatic rings. The van der Waals surface area contributed by atoms with E-state index in [1.807, 2.05) is 0 Å². The molecule has 0 aromatic carbocycles. The standard InChI is InChI=1S/C13H21NO/c15-13(14-6-2-1-3-7-14)12-9-10-4-5-11(12)8-10/h10-12H,1-9H2/t10-,11-,12+/m0/s1. The molecule has 1 amide bonds. The molecule has 3 fully saturated rings. The molecule has 0 spiro atoms. The summed E-state index contributed by atoms with van der Waals surface area (Å²) in [5.41, 5.74) is 0. The van der Waals surface area contributed by atoms with Crippen LogP contribution in [-0.4, -0.2) is 23.9 Å². The molecular formula is C13H21NO. The van der Waals surface area contributed by atoms with Crippen molar-refractivity contribution in [3.63, 3.8) is 0 Å². The molecule has 2 nitrogen and oxygen atoms in total. The topological polar surface area (TPSA) is 20.3 Å². The number of hydrogen-bond donors (Lipinski definition) is 0. The van der Waals surface area contributed by atoms with E-state index in [0.717, 1.165) is 24.9 Å². The zero-order valence-corrected chi connectivity index (χ0v) is 9.45. The lowest BCUT2D eigenvalue weighted by Crippen LogP contribution is -2.41. The first-order valence-corrected chi connectivity index (χ1v) is 6.63. The Morgan fingerprint density at radius 3 is 2.40 bits per heavy atom. The summed E-state index contributed by atoms with van der Waals surface area (Å²) in [6, 6.07) is 0. The molecule has 2 aliphatic carbocycles. The van der Waals surface area contributed by atoms with Gasteiger partial charge in [-0.1, -0.05) is 6.42 Å². The fourth-order valence-corrected chi connectivity index (χ4v) is 3.90. The van der Waals surface area contributed by atoms with Crippen molar-refractivity contribution >= 4 is 5.91 Å². The van der Waals surface area contributed by atoms with Crippen LogP contribution >= 0.6 is 0 Å². The number of hydrogen-bond acceptors (Lipinski definition) is 1. The minimum Gasteiger partial charge on any atom is -0.342 e. The zero-order valence-electron chi connectivity index (χ0n) is 9.45. The van der Waals surface area contributed by atoms with Crippen LogP contribution in [-0.2, 0) is 4.79 Å². The highest BCUT2D eigenvalue weighted by molar-refractivity contribution is 5.79. The Bertz CT molecular complexity index is 257. The van der Waals surface area contributed by atoms with Crippen molar-refractivity contribution in [2.45, 2.75) is 44.9 Å². The van der Waals surface area contributed by atoms with Crippen LogP contribution in [0.25, 0.3) is 0 Å². The summed E-state index contributed by atoms with van der Waals surface area (Å²) in [5, 5.41) is 0. The number of likely N-dealkylation sites (tertiary alicyclic amines) is 1. The molecule has 3 atom stereocenters. The number of carbonyl (C=O) groups is 1. The van der Waals surface area contributed by atoms with Gasteiger partial charge in [-0.15, -0.1) is 0 Å². The molecule has 1 heterocycles. The highest BCUT2D eigenvalue weighted by Gasteiger charge is 2.44. The number of rotatable bonds is 1. The van der Waals surface area contributed by atoms with E-state index in [0.29, 0.717) is 11.8 Å². The molecule has 1 saturated heterocycles. The van der Waals surface area contributed by atoms with Gasteiger partial charge in [0.1, 0.15) is 0 Å². The Morgan fingerprint density at radius 2 is 1.80 bits per heavy atom. The Morgan fingerprint density at radius 1 is 1.00 bits per heavy atom. The van der Waals surface area contributed by atoms with E-state index < -0.39 is 0 Å². The molecule has 0 unspecified atom stereocenters. The molecule has 0 radical (unpaired) electrons. The number of amides is 1. The first-order chi connectivity index (χ1) is 7.34. The zero-order chi connectivity index (χ0) is 10.3. The molecule has 0 aromatic rings. The van der Waals surface area contributed by atoms with Crippen LogP contribution in [0.1, 0.15) is 44.9 Å². The summed E-state index contributed by atoms with van der Waals surface area (Å²) in [6.45, 7) is 2.07. The quantitative estimate of drug-likeness (QED) is 0.646. The second-order valence-corrected chi connectivity index (χ2v) is 5.67. The van der Waals surface area contributed by atoms with E-state index in [9.17, 15) is 4.79 Å². The molecule has 1 aliphatic heterocycles. The third-order valence-electron chi connectivity index (χ3n) is 4.72. The third kappa shape index (κ3) is 1.68. The van der Waals surface area contributed by atoms with Crippen LogP contribution in [0.5, 0.6) is 0 Å². The van der Waals surface area contributed by atoms with Gasteiger partial charge in [0.05, 0.1) is 0 Å². The highest BCUT2D eigenvalue weighted by atomic mass is 16.2. The molecule has 2 heteroatoms. The minimum absolute atomic E-state index is 0.418. The first kappa shape index (κ1) is 9.68. The van der Waals surface area contributed by atoms with Gasteiger partial charge in [0.2, 0.25) is 5.91 Å². The van der Waals surface area contributed by atoms with E-state index in [2.05, 4.69) is 4.90 Å². The largest absolute Gasteiger partial charge is 0.342 e. The van der Waals surface area contributed by atoms with Crippen LogP contribution in [0.4, 0.5) is 0 Å². The van der Waals surface area contributed by atoms with Gasteiger partial charge in [-0.3, -0.25) is 4.79 Å². The second-order valence-electron chi connectivity index (χ2n) is 5.67. The summed E-state index contributed by atoms with van der Waals surface area (Å²) >= 11 is 0. The Hall–Kier alpha value is -0.530. The summed E-state index contributed by atoms with van der Waals surface area (Å²) in [5.74, 6) is 2.57. The maximum atomic E-state index is 12.3. The SMILES string of the molecule is O=C([C@@H]1C[C@H]2CC[C@H]1C2)N1CCCCC1. The van der Waals surface area contributed by atoms with Crippen molar-refractivity contribution in [1.82, 2.24) is 4.90 Å². The van der Waals surface area contributed by atoms with E-state index in [4.69, 9.17) is 0 Å². The Kier molecular flexibility index (Phi) is 2.45. The van der Waals surface area contributed by atoms with Gasteiger partial charge in [-0.25, -0.2) is 0 Å². The van der Waals surface area contributed by atoms with Crippen molar-refractivity contribution in [3.05, 3.63) is 0 Å². The Balaban J connectivity index is 1.64. The van der Waals surface area contributed by atoms with Gasteiger partial charge in [0, 0.05) is 19.0 Å². The predicted octanol–water partition coefficient (Wildman–Crippen LogP) is 2.44. The van der Waals surface area contributed by atoms with Gasteiger partial charge in [0.25, 0.3) is 0 Å². The van der Waals surface area contributed by atoms with Crippen LogP contribution in [0, 0.1) is 17.8 Å². The normalized spacial score (nSPS) is 39.7. The molecule has 3 rings (SSSR count). The molecule has 84 valence electrons. The summed E-state index contributed by atoms with van der Waals surface area (Å²) in [4.78, 5) is 14.5. The predicted molar refractivity (Wildman–Crippen MR) is 59.4 cm³/mol. The molecule has 15 heavy (non-hydrogen) atoms. The van der Waals surface area contributed by atoms with E-state index in [-0.39, 0.29) is 0 Å². The molecule has 0 aromatic heterocycles. The molecular weight excluding hydrogens is 186 g/mol. The van der Waals surface area contributed by atoms with Gasteiger partial charge >= 0.3 is 0 Å². The van der Waals surface area contributed by atoms with Crippen molar-refractivity contribution in [1.29, 1.82) is 0 Å². The lowest BCUT2D eigenvalue weighted by atomic mass is 9.87.